The summed E-state index contributed by atoms with van der Waals surface area (Å²) in [5.41, 5.74) is 1.46. The molecular weight excluding hydrogens is 228 g/mol. The summed E-state index contributed by atoms with van der Waals surface area (Å²) in [5.74, 6) is 0.695. The molecule has 0 radical (unpaired) electrons. The van der Waals surface area contributed by atoms with Crippen molar-refractivity contribution in [1.29, 1.82) is 5.26 Å². The van der Waals surface area contributed by atoms with Gasteiger partial charge >= 0.3 is 0 Å². The van der Waals surface area contributed by atoms with E-state index in [4.69, 9.17) is 0 Å². The van der Waals surface area contributed by atoms with Gasteiger partial charge in [-0.25, -0.2) is 4.98 Å². The van der Waals surface area contributed by atoms with Gasteiger partial charge in [0, 0.05) is 26.3 Å². The summed E-state index contributed by atoms with van der Waals surface area (Å²) in [7, 11) is 1.81. The Labute approximate surface area is 107 Å². The predicted octanol–water partition coefficient (Wildman–Crippen LogP) is 0.930. The number of pyridine rings is 1. The van der Waals surface area contributed by atoms with Crippen LogP contribution >= 0.6 is 0 Å². The average Bonchev–Trinajstić information content (AvgIpc) is 2.52. The van der Waals surface area contributed by atoms with Crippen LogP contribution in [0.5, 0.6) is 0 Å². The highest BCUT2D eigenvalue weighted by atomic mass is 16.2. The van der Waals surface area contributed by atoms with Crippen molar-refractivity contribution in [3.63, 3.8) is 0 Å². The minimum absolute atomic E-state index is 0.0692. The van der Waals surface area contributed by atoms with E-state index < -0.39 is 0 Å². The molecule has 0 aromatic carbocycles. The fourth-order valence-electron chi connectivity index (χ4n) is 2.09. The molecular formula is C13H16N4O. The van der Waals surface area contributed by atoms with Crippen LogP contribution in [-0.4, -0.2) is 42.5 Å². The normalized spacial score (nSPS) is 16.4. The molecule has 18 heavy (non-hydrogen) atoms. The maximum absolute atomic E-state index is 11.9. The largest absolute Gasteiger partial charge is 0.346 e. The van der Waals surface area contributed by atoms with E-state index >= 15 is 0 Å². The minimum Gasteiger partial charge on any atom is -0.346 e. The number of hydrogen-bond acceptors (Lipinski definition) is 4. The molecule has 2 heterocycles. The molecule has 94 valence electrons. The van der Waals surface area contributed by atoms with Crippen LogP contribution in [0.4, 0.5) is 5.82 Å². The van der Waals surface area contributed by atoms with Crippen LogP contribution in [0.15, 0.2) is 12.3 Å². The first-order valence-electron chi connectivity index (χ1n) is 5.98. The molecule has 5 heteroatoms. The van der Waals surface area contributed by atoms with Crippen molar-refractivity contribution < 1.29 is 4.79 Å². The highest BCUT2D eigenvalue weighted by Gasteiger charge is 2.22. The fourth-order valence-corrected chi connectivity index (χ4v) is 2.09. The standard InChI is InChI=1S/C13H16N4O/c1-10-4-5-15-13(11(10)8-14)17-7-3-6-16(2)12(18)9-17/h4-5H,3,6-7,9H2,1-2H3. The lowest BCUT2D eigenvalue weighted by atomic mass is 10.1. The summed E-state index contributed by atoms with van der Waals surface area (Å²) in [5, 5.41) is 9.21. The molecule has 0 spiro atoms. The van der Waals surface area contributed by atoms with Crippen LogP contribution in [0.25, 0.3) is 0 Å². The highest BCUT2D eigenvalue weighted by Crippen LogP contribution is 2.21. The molecule has 1 aromatic heterocycles. The van der Waals surface area contributed by atoms with Gasteiger partial charge in [0.15, 0.2) is 0 Å². The Hall–Kier alpha value is -2.09. The number of likely N-dealkylation sites (N-methyl/N-ethyl adjacent to an activating group) is 1. The Morgan fingerprint density at radius 1 is 1.44 bits per heavy atom. The zero-order valence-electron chi connectivity index (χ0n) is 10.7. The van der Waals surface area contributed by atoms with Crippen LogP contribution < -0.4 is 4.90 Å². The van der Waals surface area contributed by atoms with E-state index in [1.807, 2.05) is 17.9 Å². The van der Waals surface area contributed by atoms with E-state index in [9.17, 15) is 10.1 Å². The molecule has 0 N–H and O–H groups in total. The third-order valence-electron chi connectivity index (χ3n) is 3.22. The van der Waals surface area contributed by atoms with Crippen LogP contribution in [0.2, 0.25) is 0 Å². The predicted molar refractivity (Wildman–Crippen MR) is 68.2 cm³/mol. The number of aromatic nitrogens is 1. The highest BCUT2D eigenvalue weighted by molar-refractivity contribution is 5.82. The third kappa shape index (κ3) is 2.28. The molecule has 5 nitrogen and oxygen atoms in total. The van der Waals surface area contributed by atoms with Crippen molar-refractivity contribution in [1.82, 2.24) is 9.88 Å². The van der Waals surface area contributed by atoms with Gasteiger partial charge in [-0.15, -0.1) is 0 Å². The molecule has 1 aliphatic heterocycles. The zero-order chi connectivity index (χ0) is 13.1. The number of rotatable bonds is 1. The van der Waals surface area contributed by atoms with E-state index in [1.165, 1.54) is 0 Å². The second kappa shape index (κ2) is 5.05. The molecule has 0 aliphatic carbocycles. The number of carbonyl (C=O) groups excluding carboxylic acids is 1. The first-order valence-corrected chi connectivity index (χ1v) is 5.98. The quantitative estimate of drug-likeness (QED) is 0.737. The van der Waals surface area contributed by atoms with E-state index in [2.05, 4.69) is 11.1 Å². The number of carbonyl (C=O) groups is 1. The van der Waals surface area contributed by atoms with Crippen molar-refractivity contribution >= 4 is 11.7 Å². The minimum atomic E-state index is 0.0692. The number of nitrogens with zero attached hydrogens (tertiary/aromatic N) is 4. The molecule has 1 aromatic rings. The molecule has 2 rings (SSSR count). The van der Waals surface area contributed by atoms with Crippen molar-refractivity contribution in [3.8, 4) is 6.07 Å². The van der Waals surface area contributed by atoms with E-state index in [0.29, 0.717) is 17.9 Å². The maximum atomic E-state index is 11.9. The summed E-state index contributed by atoms with van der Waals surface area (Å²) in [6, 6.07) is 3.99. The Balaban J connectivity index is 2.34. The van der Waals surface area contributed by atoms with Crippen molar-refractivity contribution in [3.05, 3.63) is 23.4 Å². The van der Waals surface area contributed by atoms with Gasteiger partial charge in [0.1, 0.15) is 11.9 Å². The summed E-state index contributed by atoms with van der Waals surface area (Å²) in [6.45, 7) is 3.68. The molecule has 1 fully saturated rings. The molecule has 1 amide bonds. The molecule has 1 saturated heterocycles. The van der Waals surface area contributed by atoms with Gasteiger partial charge in [-0.2, -0.15) is 5.26 Å². The lowest BCUT2D eigenvalue weighted by Gasteiger charge is -2.22. The summed E-state index contributed by atoms with van der Waals surface area (Å²) in [6.07, 6.45) is 2.58. The van der Waals surface area contributed by atoms with Gasteiger partial charge < -0.3 is 9.80 Å². The molecule has 0 atom stereocenters. The van der Waals surface area contributed by atoms with Crippen LogP contribution in [0, 0.1) is 18.3 Å². The van der Waals surface area contributed by atoms with E-state index in [-0.39, 0.29) is 5.91 Å². The molecule has 0 bridgehead atoms. The number of aryl methyl sites for hydroxylation is 1. The number of hydrogen-bond donors (Lipinski definition) is 0. The molecule has 1 aliphatic rings. The maximum Gasteiger partial charge on any atom is 0.241 e. The Morgan fingerprint density at radius 3 is 2.94 bits per heavy atom. The van der Waals surface area contributed by atoms with Gasteiger partial charge in [0.05, 0.1) is 12.1 Å². The monoisotopic (exact) mass is 244 g/mol. The smallest absolute Gasteiger partial charge is 0.241 e. The van der Waals surface area contributed by atoms with Crippen molar-refractivity contribution in [2.24, 2.45) is 0 Å². The average molecular weight is 244 g/mol. The first kappa shape index (κ1) is 12.4. The first-order chi connectivity index (χ1) is 8.63. The Morgan fingerprint density at radius 2 is 2.22 bits per heavy atom. The topological polar surface area (TPSA) is 60.2 Å². The second-order valence-electron chi connectivity index (χ2n) is 4.53. The Bertz CT molecular complexity index is 506. The van der Waals surface area contributed by atoms with Gasteiger partial charge in [-0.05, 0) is 25.0 Å². The van der Waals surface area contributed by atoms with Crippen LogP contribution in [0.1, 0.15) is 17.5 Å². The van der Waals surface area contributed by atoms with Crippen molar-refractivity contribution in [2.45, 2.75) is 13.3 Å². The fraction of sp³-hybridized carbons (Fsp3) is 0.462. The van der Waals surface area contributed by atoms with Crippen molar-refractivity contribution in [2.75, 3.05) is 31.6 Å². The number of anilines is 1. The summed E-state index contributed by atoms with van der Waals surface area (Å²) < 4.78 is 0. The SMILES string of the molecule is Cc1ccnc(N2CCCN(C)C(=O)C2)c1C#N. The van der Waals surface area contributed by atoms with Gasteiger partial charge in [0.25, 0.3) is 0 Å². The summed E-state index contributed by atoms with van der Waals surface area (Å²) in [4.78, 5) is 19.7. The van der Waals surface area contributed by atoms with Gasteiger partial charge in [-0.3, -0.25) is 4.79 Å². The van der Waals surface area contributed by atoms with Crippen LogP contribution in [0.3, 0.4) is 0 Å². The third-order valence-corrected chi connectivity index (χ3v) is 3.22. The zero-order valence-corrected chi connectivity index (χ0v) is 10.7. The van der Waals surface area contributed by atoms with Gasteiger partial charge in [-0.1, -0.05) is 0 Å². The lowest BCUT2D eigenvalue weighted by molar-refractivity contribution is -0.127. The van der Waals surface area contributed by atoms with E-state index in [0.717, 1.165) is 25.1 Å². The van der Waals surface area contributed by atoms with Crippen LogP contribution in [-0.2, 0) is 4.79 Å². The number of nitriles is 1. The van der Waals surface area contributed by atoms with Gasteiger partial charge in [0.2, 0.25) is 5.91 Å². The molecule has 0 saturated carbocycles. The lowest BCUT2D eigenvalue weighted by Crippen LogP contribution is -2.35. The Kier molecular flexibility index (Phi) is 3.47. The second-order valence-corrected chi connectivity index (χ2v) is 4.53. The van der Waals surface area contributed by atoms with E-state index in [1.54, 1.807) is 18.1 Å². The summed E-state index contributed by atoms with van der Waals surface area (Å²) >= 11 is 0. The number of amides is 1. The molecule has 0 unspecified atom stereocenters.